The Balaban J connectivity index is 2.32. The van der Waals surface area contributed by atoms with Crippen molar-refractivity contribution in [2.75, 3.05) is 6.61 Å². The molecule has 11 heteroatoms. The third-order valence-corrected chi connectivity index (χ3v) is 4.71. The van der Waals surface area contributed by atoms with Crippen molar-refractivity contribution < 1.29 is 37.0 Å². The van der Waals surface area contributed by atoms with Gasteiger partial charge in [0.15, 0.2) is 5.75 Å². The van der Waals surface area contributed by atoms with Crippen LogP contribution in [0, 0.1) is 0 Å². The first-order chi connectivity index (χ1) is 14.3. The molecule has 0 heterocycles. The van der Waals surface area contributed by atoms with Crippen molar-refractivity contribution in [3.8, 4) is 11.5 Å². The molecule has 0 bridgehead atoms. The van der Waals surface area contributed by atoms with Gasteiger partial charge in [-0.15, -0.1) is 0 Å². The van der Waals surface area contributed by atoms with Crippen molar-refractivity contribution in [1.82, 2.24) is 0 Å². The summed E-state index contributed by atoms with van der Waals surface area (Å²) in [7, 11) is 0. The average molecular weight is 500 g/mol. The third kappa shape index (κ3) is 6.18. The van der Waals surface area contributed by atoms with Crippen molar-refractivity contribution >= 4 is 46.7 Å². The van der Waals surface area contributed by atoms with E-state index in [1.54, 1.807) is 6.92 Å². The summed E-state index contributed by atoms with van der Waals surface area (Å²) >= 11 is 17.8. The monoisotopic (exact) mass is 498 g/mol. The topological polar surface area (TPSA) is 61.8 Å². The molecule has 0 saturated carbocycles. The Labute approximate surface area is 190 Å². The second-order valence-corrected chi connectivity index (χ2v) is 7.85. The Bertz CT molecular complexity index is 983. The van der Waals surface area contributed by atoms with Crippen LogP contribution in [0.3, 0.4) is 0 Å². The van der Waals surface area contributed by atoms with Crippen molar-refractivity contribution in [1.29, 1.82) is 0 Å². The lowest BCUT2D eigenvalue weighted by molar-refractivity contribution is -0.162. The van der Waals surface area contributed by atoms with Crippen LogP contribution in [0.4, 0.5) is 13.2 Å². The number of rotatable bonds is 6. The van der Waals surface area contributed by atoms with E-state index < -0.39 is 29.3 Å². The quantitative estimate of drug-likeness (QED) is 0.402. The first kappa shape index (κ1) is 25.1. The minimum absolute atomic E-state index is 0.00569. The molecule has 31 heavy (non-hydrogen) atoms. The fourth-order valence-corrected chi connectivity index (χ4v) is 3.06. The number of halogens is 6. The number of ether oxygens (including phenoxy) is 3. The summed E-state index contributed by atoms with van der Waals surface area (Å²) in [6.45, 7) is 4.39. The Kier molecular flexibility index (Phi) is 7.73. The zero-order valence-corrected chi connectivity index (χ0v) is 18.7. The van der Waals surface area contributed by atoms with Gasteiger partial charge in [-0.05, 0) is 51.1 Å². The van der Waals surface area contributed by atoms with Crippen molar-refractivity contribution in [3.63, 3.8) is 0 Å². The van der Waals surface area contributed by atoms with Crippen LogP contribution in [0.25, 0.3) is 0 Å². The number of hydrogen-bond acceptors (Lipinski definition) is 5. The predicted octanol–water partition coefficient (Wildman–Crippen LogP) is 6.96. The average Bonchev–Trinajstić information content (AvgIpc) is 2.64. The van der Waals surface area contributed by atoms with Gasteiger partial charge < -0.3 is 14.2 Å². The molecule has 2 aromatic carbocycles. The molecule has 5 nitrogen and oxygen atoms in total. The highest BCUT2D eigenvalue weighted by molar-refractivity contribution is 6.37. The number of carbonyl (C=O) groups is 2. The SMILES string of the molecule is CCOC(=O)C(C)(C)OC(=O)c1cc(Oc2c(Cl)cc(C(F)(F)F)cc2Cl)ccc1Cl. The van der Waals surface area contributed by atoms with Gasteiger partial charge >= 0.3 is 18.1 Å². The zero-order chi connectivity index (χ0) is 23.6. The van der Waals surface area contributed by atoms with Gasteiger partial charge in [-0.2, -0.15) is 13.2 Å². The summed E-state index contributed by atoms with van der Waals surface area (Å²) in [4.78, 5) is 24.5. The van der Waals surface area contributed by atoms with Crippen LogP contribution in [0.5, 0.6) is 11.5 Å². The minimum atomic E-state index is -4.64. The largest absolute Gasteiger partial charge is 0.463 e. The highest BCUT2D eigenvalue weighted by Gasteiger charge is 2.35. The van der Waals surface area contributed by atoms with Gasteiger partial charge in [0.05, 0.1) is 32.8 Å². The summed E-state index contributed by atoms with van der Waals surface area (Å²) in [6, 6.07) is 5.15. The van der Waals surface area contributed by atoms with Gasteiger partial charge in [-0.3, -0.25) is 0 Å². The van der Waals surface area contributed by atoms with Crippen LogP contribution in [0.1, 0.15) is 36.7 Å². The molecule has 0 aliphatic rings. The summed E-state index contributed by atoms with van der Waals surface area (Å²) < 4.78 is 54.2. The lowest BCUT2D eigenvalue weighted by Gasteiger charge is -2.23. The molecule has 0 fully saturated rings. The molecule has 168 valence electrons. The van der Waals surface area contributed by atoms with Crippen molar-refractivity contribution in [3.05, 3.63) is 56.5 Å². The second-order valence-electron chi connectivity index (χ2n) is 6.63. The normalized spacial score (nSPS) is 11.8. The van der Waals surface area contributed by atoms with E-state index in [0.29, 0.717) is 12.1 Å². The maximum atomic E-state index is 12.9. The minimum Gasteiger partial charge on any atom is -0.463 e. The summed E-state index contributed by atoms with van der Waals surface area (Å²) in [5.74, 6) is -1.95. The van der Waals surface area contributed by atoms with Gasteiger partial charge in [0, 0.05) is 0 Å². The molecular weight excluding hydrogens is 484 g/mol. The van der Waals surface area contributed by atoms with Gasteiger partial charge in [-0.1, -0.05) is 34.8 Å². The van der Waals surface area contributed by atoms with E-state index in [1.165, 1.54) is 32.0 Å². The highest BCUT2D eigenvalue weighted by atomic mass is 35.5. The lowest BCUT2D eigenvalue weighted by atomic mass is 10.1. The lowest BCUT2D eigenvalue weighted by Crippen LogP contribution is -2.38. The number of esters is 2. The van der Waals surface area contributed by atoms with Crippen molar-refractivity contribution in [2.45, 2.75) is 32.5 Å². The smallest absolute Gasteiger partial charge is 0.416 e. The molecule has 2 aromatic rings. The third-order valence-electron chi connectivity index (χ3n) is 3.82. The number of alkyl halides is 3. The van der Waals surface area contributed by atoms with Crippen LogP contribution < -0.4 is 4.74 Å². The first-order valence-electron chi connectivity index (χ1n) is 8.70. The summed E-state index contributed by atoms with van der Waals surface area (Å²) in [5.41, 5.74) is -2.79. The van der Waals surface area contributed by atoms with E-state index >= 15 is 0 Å². The zero-order valence-electron chi connectivity index (χ0n) is 16.4. The van der Waals surface area contributed by atoms with Gasteiger partial charge in [0.25, 0.3) is 0 Å². The fourth-order valence-electron chi connectivity index (χ4n) is 2.30. The molecule has 0 N–H and O–H groups in total. The maximum Gasteiger partial charge on any atom is 0.416 e. The van der Waals surface area contributed by atoms with E-state index in [4.69, 9.17) is 49.0 Å². The molecule has 0 aliphatic carbocycles. The standard InChI is InChI=1S/C20H16Cl3F3O5/c1-4-29-18(28)19(2,3)31-17(27)12-9-11(5-6-13(12)21)30-16-14(22)7-10(8-15(16)23)20(24,25)26/h5-9H,4H2,1-3H3. The Morgan fingerprint density at radius 3 is 2.06 bits per heavy atom. The van der Waals surface area contributed by atoms with Gasteiger partial charge in [0.2, 0.25) is 5.60 Å². The van der Waals surface area contributed by atoms with E-state index in [2.05, 4.69) is 0 Å². The molecule has 0 aromatic heterocycles. The molecule has 0 spiro atoms. The highest BCUT2D eigenvalue weighted by Crippen LogP contribution is 2.42. The van der Waals surface area contributed by atoms with Gasteiger partial charge in [-0.25, -0.2) is 9.59 Å². The van der Waals surface area contributed by atoms with E-state index in [9.17, 15) is 22.8 Å². The predicted molar refractivity (Wildman–Crippen MR) is 109 cm³/mol. The fraction of sp³-hybridized carbons (Fsp3) is 0.300. The number of benzene rings is 2. The first-order valence-corrected chi connectivity index (χ1v) is 9.84. The summed E-state index contributed by atoms with van der Waals surface area (Å²) in [5, 5.41) is -0.786. The molecule has 0 radical (unpaired) electrons. The maximum absolute atomic E-state index is 12.9. The van der Waals surface area contributed by atoms with E-state index in [-0.39, 0.29) is 38.7 Å². The molecule has 0 amide bonds. The van der Waals surface area contributed by atoms with E-state index in [1.807, 2.05) is 0 Å². The number of carbonyl (C=O) groups excluding carboxylic acids is 2. The molecule has 0 saturated heterocycles. The van der Waals surface area contributed by atoms with Crippen LogP contribution in [0.15, 0.2) is 30.3 Å². The summed E-state index contributed by atoms with van der Waals surface area (Å²) in [6.07, 6.45) is -4.64. The molecule has 0 aliphatic heterocycles. The molecule has 0 unspecified atom stereocenters. The van der Waals surface area contributed by atoms with Crippen LogP contribution in [-0.4, -0.2) is 24.1 Å². The molecule has 0 atom stereocenters. The van der Waals surface area contributed by atoms with Crippen molar-refractivity contribution in [2.24, 2.45) is 0 Å². The Morgan fingerprint density at radius 1 is 0.968 bits per heavy atom. The Morgan fingerprint density at radius 2 is 1.55 bits per heavy atom. The van der Waals surface area contributed by atoms with Crippen LogP contribution in [0.2, 0.25) is 15.1 Å². The van der Waals surface area contributed by atoms with Crippen LogP contribution >= 0.6 is 34.8 Å². The second kappa shape index (κ2) is 9.54. The van der Waals surface area contributed by atoms with Crippen LogP contribution in [-0.2, 0) is 20.4 Å². The molecule has 2 rings (SSSR count). The Hall–Kier alpha value is -2.16. The number of hydrogen-bond donors (Lipinski definition) is 0. The van der Waals surface area contributed by atoms with E-state index in [0.717, 1.165) is 0 Å². The van der Waals surface area contributed by atoms with Gasteiger partial charge in [0.1, 0.15) is 5.75 Å². The molecular formula is C20H16Cl3F3O5.